The van der Waals surface area contributed by atoms with E-state index in [1.807, 2.05) is 0 Å². The van der Waals surface area contributed by atoms with Gasteiger partial charge >= 0.3 is 6.18 Å². The van der Waals surface area contributed by atoms with Crippen LogP contribution in [-0.2, 0) is 22.5 Å². The highest BCUT2D eigenvalue weighted by Gasteiger charge is 2.66. The van der Waals surface area contributed by atoms with Gasteiger partial charge in [0.25, 0.3) is 5.91 Å². The Morgan fingerprint density at radius 1 is 1.30 bits per heavy atom. The zero-order valence-electron chi connectivity index (χ0n) is 18.3. The zero-order chi connectivity index (χ0) is 24.1. The van der Waals surface area contributed by atoms with Crippen molar-refractivity contribution in [2.24, 2.45) is 5.92 Å². The molecule has 1 fully saturated rings. The predicted molar refractivity (Wildman–Crippen MR) is 108 cm³/mol. The van der Waals surface area contributed by atoms with Gasteiger partial charge < -0.3 is 19.4 Å². The number of imidazole rings is 1. The molecule has 1 aromatic carbocycles. The largest absolute Gasteiger partial charge is 0.493 e. The summed E-state index contributed by atoms with van der Waals surface area (Å²) in [5.74, 6) is -5.39. The molecule has 4 atom stereocenters. The smallest absolute Gasteiger partial charge is 0.417 e. The van der Waals surface area contributed by atoms with Gasteiger partial charge in [0, 0.05) is 30.4 Å². The van der Waals surface area contributed by atoms with Crippen LogP contribution in [0.15, 0.2) is 18.3 Å². The molecule has 2 aliphatic heterocycles. The summed E-state index contributed by atoms with van der Waals surface area (Å²) in [6, 6.07) is 1.93. The number of carbonyl (C=O) groups is 1. The highest BCUT2D eigenvalue weighted by atomic mass is 19.4. The third kappa shape index (κ3) is 3.75. The summed E-state index contributed by atoms with van der Waals surface area (Å²) in [6.07, 6.45) is -2.44. The third-order valence-corrected chi connectivity index (χ3v) is 6.79. The maximum absolute atomic E-state index is 14.4. The summed E-state index contributed by atoms with van der Waals surface area (Å²) < 4.78 is 82.4. The van der Waals surface area contributed by atoms with Crippen molar-refractivity contribution in [1.82, 2.24) is 9.55 Å². The van der Waals surface area contributed by atoms with Crippen molar-refractivity contribution in [2.45, 2.75) is 63.5 Å². The van der Waals surface area contributed by atoms with Crippen LogP contribution in [0, 0.1) is 17.6 Å². The number of methoxy groups -OCH3 is 1. The number of anilines is 1. The molecule has 2 aromatic rings. The first-order valence-corrected chi connectivity index (χ1v) is 10.6. The Kier molecular flexibility index (Phi) is 5.88. The van der Waals surface area contributed by atoms with Crippen LogP contribution in [0.2, 0.25) is 0 Å². The summed E-state index contributed by atoms with van der Waals surface area (Å²) >= 11 is 0. The van der Waals surface area contributed by atoms with E-state index in [0.717, 1.165) is 51.3 Å². The molecule has 1 aromatic heterocycles. The zero-order valence-corrected chi connectivity index (χ0v) is 18.3. The van der Waals surface area contributed by atoms with Gasteiger partial charge in [-0.25, -0.2) is 9.37 Å². The number of nitrogens with zero attached hydrogens (tertiary/aromatic N) is 2. The van der Waals surface area contributed by atoms with Gasteiger partial charge in [-0.05, 0) is 25.8 Å². The first-order chi connectivity index (χ1) is 15.5. The van der Waals surface area contributed by atoms with Gasteiger partial charge in [-0.3, -0.25) is 4.79 Å². The topological polar surface area (TPSA) is 65.4 Å². The number of hydrogen-bond donors (Lipinski definition) is 1. The van der Waals surface area contributed by atoms with E-state index in [9.17, 15) is 26.7 Å². The number of hydrogen-bond acceptors (Lipinski definition) is 4. The maximum atomic E-state index is 14.4. The third-order valence-electron chi connectivity index (χ3n) is 6.79. The Hall–Kier alpha value is -2.69. The van der Waals surface area contributed by atoms with Crippen molar-refractivity contribution in [3.63, 3.8) is 0 Å². The van der Waals surface area contributed by atoms with Crippen LogP contribution >= 0.6 is 0 Å². The van der Waals surface area contributed by atoms with Gasteiger partial charge in [-0.2, -0.15) is 17.6 Å². The summed E-state index contributed by atoms with van der Waals surface area (Å²) in [5.41, 5.74) is -2.78. The summed E-state index contributed by atoms with van der Waals surface area (Å²) in [7, 11) is 1.08. The summed E-state index contributed by atoms with van der Waals surface area (Å²) in [4.78, 5) is 17.5. The number of aromatic nitrogens is 2. The minimum absolute atomic E-state index is 0.0765. The minimum Gasteiger partial charge on any atom is -0.493 e. The summed E-state index contributed by atoms with van der Waals surface area (Å²) in [6.45, 7) is 2.74. The second-order valence-electron chi connectivity index (χ2n) is 8.60. The van der Waals surface area contributed by atoms with Crippen LogP contribution in [-0.4, -0.2) is 40.4 Å². The van der Waals surface area contributed by atoms with Crippen molar-refractivity contribution in [3.8, 4) is 5.75 Å². The van der Waals surface area contributed by atoms with E-state index < -0.39 is 53.0 Å². The number of amides is 1. The predicted octanol–water partition coefficient (Wildman–Crippen LogP) is 4.58. The fraction of sp³-hybridized carbons (Fsp3) is 0.545. The first-order valence-electron chi connectivity index (χ1n) is 10.6. The average molecular weight is 473 g/mol. The average Bonchev–Trinajstić information content (AvgIpc) is 3.29. The normalized spacial score (nSPS) is 27.3. The van der Waals surface area contributed by atoms with E-state index >= 15 is 0 Å². The number of halogens is 5. The van der Waals surface area contributed by atoms with Crippen LogP contribution < -0.4 is 10.1 Å². The molecule has 0 aliphatic carbocycles. The number of fused-ring (bicyclic) bond motifs is 1. The van der Waals surface area contributed by atoms with Crippen molar-refractivity contribution in [2.75, 3.05) is 12.4 Å². The van der Waals surface area contributed by atoms with Crippen molar-refractivity contribution >= 4 is 11.7 Å². The SMILES string of the molecule is COc1c([C@H]2[C@H](C(=O)Nc3cnc4n3CCCC4)O[C@@](C)(C(F)(F)F)[C@H]2C)ccc(F)c1F. The molecule has 0 radical (unpaired) electrons. The molecule has 0 unspecified atom stereocenters. The Bertz CT molecular complexity index is 1070. The van der Waals surface area contributed by atoms with Crippen LogP contribution in [0.5, 0.6) is 5.75 Å². The Balaban J connectivity index is 1.75. The van der Waals surface area contributed by atoms with E-state index in [4.69, 9.17) is 9.47 Å². The van der Waals surface area contributed by atoms with E-state index in [2.05, 4.69) is 10.3 Å². The molecule has 3 heterocycles. The monoisotopic (exact) mass is 473 g/mol. The molecule has 4 rings (SSSR count). The first kappa shape index (κ1) is 23.5. The van der Waals surface area contributed by atoms with Gasteiger partial charge in [-0.15, -0.1) is 0 Å². The standard InChI is InChI=1S/C22H24F5N3O3/c1-11-16(12-7-8-13(23)17(24)18(12)32-3)19(33-21(11,2)22(25,26)27)20(31)29-15-10-28-14-6-4-5-9-30(14)15/h7-8,10-11,16,19H,4-6,9H2,1-3H3,(H,29,31)/t11-,16-,19+,21+/m0/s1. The Morgan fingerprint density at radius 3 is 2.70 bits per heavy atom. The highest BCUT2D eigenvalue weighted by Crippen LogP contribution is 2.55. The Morgan fingerprint density at radius 2 is 2.03 bits per heavy atom. The van der Waals surface area contributed by atoms with E-state index in [-0.39, 0.29) is 5.56 Å². The molecule has 33 heavy (non-hydrogen) atoms. The van der Waals surface area contributed by atoms with Gasteiger partial charge in [-0.1, -0.05) is 13.0 Å². The number of benzene rings is 1. The molecule has 180 valence electrons. The van der Waals surface area contributed by atoms with Crippen LogP contribution in [0.25, 0.3) is 0 Å². The lowest BCUT2D eigenvalue weighted by Crippen LogP contribution is -2.47. The fourth-order valence-electron chi connectivity index (χ4n) is 4.75. The second kappa shape index (κ2) is 8.27. The second-order valence-corrected chi connectivity index (χ2v) is 8.60. The number of rotatable bonds is 4. The summed E-state index contributed by atoms with van der Waals surface area (Å²) in [5, 5.41) is 2.63. The van der Waals surface area contributed by atoms with Gasteiger partial charge in [0.2, 0.25) is 5.82 Å². The minimum atomic E-state index is -4.82. The lowest BCUT2D eigenvalue weighted by molar-refractivity contribution is -0.272. The molecule has 1 N–H and O–H groups in total. The molecule has 0 spiro atoms. The van der Waals surface area contributed by atoms with Crippen LogP contribution in [0.3, 0.4) is 0 Å². The number of ether oxygens (including phenoxy) is 2. The van der Waals surface area contributed by atoms with Crippen molar-refractivity contribution in [1.29, 1.82) is 0 Å². The number of aryl methyl sites for hydroxylation is 1. The lowest BCUT2D eigenvalue weighted by Gasteiger charge is -2.32. The quantitative estimate of drug-likeness (QED) is 0.660. The van der Waals surface area contributed by atoms with E-state index in [1.165, 1.54) is 13.1 Å². The van der Waals surface area contributed by atoms with Crippen LogP contribution in [0.1, 0.15) is 44.0 Å². The molecular formula is C22H24F5N3O3. The lowest BCUT2D eigenvalue weighted by atomic mass is 9.77. The molecule has 1 saturated heterocycles. The number of carbonyl (C=O) groups excluding carboxylic acids is 1. The highest BCUT2D eigenvalue weighted by molar-refractivity contribution is 5.94. The van der Waals surface area contributed by atoms with E-state index in [0.29, 0.717) is 12.4 Å². The molecular weight excluding hydrogens is 449 g/mol. The Labute approximate surface area is 187 Å². The maximum Gasteiger partial charge on any atom is 0.417 e. The van der Waals surface area contributed by atoms with Crippen molar-refractivity contribution < 1.29 is 36.2 Å². The van der Waals surface area contributed by atoms with Crippen molar-refractivity contribution in [3.05, 3.63) is 41.4 Å². The molecule has 2 aliphatic rings. The molecule has 6 nitrogen and oxygen atoms in total. The molecule has 11 heteroatoms. The fourth-order valence-corrected chi connectivity index (χ4v) is 4.75. The number of alkyl halides is 3. The molecule has 0 saturated carbocycles. The van der Waals surface area contributed by atoms with Gasteiger partial charge in [0.1, 0.15) is 17.7 Å². The molecule has 1 amide bonds. The van der Waals surface area contributed by atoms with Gasteiger partial charge in [0.05, 0.1) is 13.3 Å². The van der Waals surface area contributed by atoms with Crippen LogP contribution in [0.4, 0.5) is 27.8 Å². The number of nitrogens with one attached hydrogen (secondary N) is 1. The van der Waals surface area contributed by atoms with Gasteiger partial charge in [0.15, 0.2) is 17.2 Å². The van der Waals surface area contributed by atoms with E-state index in [1.54, 1.807) is 4.57 Å². The molecule has 0 bridgehead atoms.